The summed E-state index contributed by atoms with van der Waals surface area (Å²) >= 11 is 0. The number of halogens is 1. The van der Waals surface area contributed by atoms with Crippen molar-refractivity contribution in [3.05, 3.63) is 35.6 Å². The van der Waals surface area contributed by atoms with E-state index in [0.717, 1.165) is 12.1 Å². The molecule has 0 bridgehead atoms. The average molecular weight is 414 g/mol. The van der Waals surface area contributed by atoms with E-state index in [-0.39, 0.29) is 23.0 Å². The van der Waals surface area contributed by atoms with Crippen molar-refractivity contribution in [2.45, 2.75) is 32.4 Å². The first kappa shape index (κ1) is 21.8. The average Bonchev–Trinajstić information content (AvgIpc) is 2.96. The van der Waals surface area contributed by atoms with E-state index in [1.165, 1.54) is 12.1 Å². The molecule has 2 rings (SSSR count). The normalized spacial score (nSPS) is 19.1. The fourth-order valence-electron chi connectivity index (χ4n) is 2.73. The van der Waals surface area contributed by atoms with Gasteiger partial charge in [-0.1, -0.05) is 13.8 Å². The molecule has 1 aliphatic heterocycles. The maximum Gasteiger partial charge on any atom is 0.329 e. The van der Waals surface area contributed by atoms with E-state index in [2.05, 4.69) is 10.6 Å². The highest BCUT2D eigenvalue weighted by molar-refractivity contribution is 7.91. The quantitative estimate of drug-likeness (QED) is 0.625. The molecular weight excluding hydrogens is 391 g/mol. The molecule has 154 valence electrons. The number of nitrogens with one attached hydrogen (secondary N) is 2. The number of carbonyl (C=O) groups excluding carboxylic acids is 3. The number of hydrogen-bond donors (Lipinski definition) is 2. The molecule has 10 heteroatoms. The Morgan fingerprint density at radius 3 is 2.39 bits per heavy atom. The smallest absolute Gasteiger partial charge is 0.329 e. The summed E-state index contributed by atoms with van der Waals surface area (Å²) in [6.07, 6.45) is 0.324. The third-order valence-corrected chi connectivity index (χ3v) is 6.02. The predicted octanol–water partition coefficient (Wildman–Crippen LogP) is 0.427. The zero-order valence-electron chi connectivity index (χ0n) is 15.6. The SMILES string of the molecule is CC(C)[C@H](NC(=O)c1ccc(F)cc1)C(=O)OCC(=O)NC1CCS(=O)(=O)C1. The van der Waals surface area contributed by atoms with Crippen molar-refractivity contribution < 1.29 is 31.9 Å². The van der Waals surface area contributed by atoms with Gasteiger partial charge in [0.15, 0.2) is 16.4 Å². The lowest BCUT2D eigenvalue weighted by Gasteiger charge is -2.21. The number of esters is 1. The Labute approximate surface area is 162 Å². The second-order valence-electron chi connectivity index (χ2n) is 6.98. The molecule has 0 aromatic heterocycles. The van der Waals surface area contributed by atoms with Crippen LogP contribution < -0.4 is 10.6 Å². The molecular formula is C18H23FN2O6S. The van der Waals surface area contributed by atoms with Gasteiger partial charge in [-0.2, -0.15) is 0 Å². The molecule has 0 spiro atoms. The number of ether oxygens (including phenoxy) is 1. The van der Waals surface area contributed by atoms with Gasteiger partial charge in [0.25, 0.3) is 11.8 Å². The first-order valence-electron chi connectivity index (χ1n) is 8.80. The van der Waals surface area contributed by atoms with Crippen LogP contribution in [0.5, 0.6) is 0 Å². The van der Waals surface area contributed by atoms with E-state index in [1.54, 1.807) is 13.8 Å². The molecule has 0 radical (unpaired) electrons. The van der Waals surface area contributed by atoms with Crippen LogP contribution in [0, 0.1) is 11.7 Å². The number of hydrogen-bond acceptors (Lipinski definition) is 6. The first-order chi connectivity index (χ1) is 13.1. The molecule has 1 unspecified atom stereocenters. The van der Waals surface area contributed by atoms with Crippen molar-refractivity contribution in [3.8, 4) is 0 Å². The van der Waals surface area contributed by atoms with E-state index in [4.69, 9.17) is 4.74 Å². The molecule has 1 saturated heterocycles. The summed E-state index contributed by atoms with van der Waals surface area (Å²) in [5.74, 6) is -2.89. The highest BCUT2D eigenvalue weighted by Crippen LogP contribution is 2.11. The minimum Gasteiger partial charge on any atom is -0.454 e. The standard InChI is InChI=1S/C18H23FN2O6S/c1-11(2)16(21-17(23)12-3-5-13(19)6-4-12)18(24)27-9-15(22)20-14-7-8-28(25,26)10-14/h3-6,11,14,16H,7-10H2,1-2H3,(H,20,22)(H,21,23)/t14?,16-/m0/s1. The summed E-state index contributed by atoms with van der Waals surface area (Å²) in [7, 11) is -3.13. The van der Waals surface area contributed by atoms with Crippen LogP contribution in [0.2, 0.25) is 0 Å². The van der Waals surface area contributed by atoms with Crippen LogP contribution in [0.3, 0.4) is 0 Å². The highest BCUT2D eigenvalue weighted by Gasteiger charge is 2.30. The minimum atomic E-state index is -3.13. The Kier molecular flexibility index (Phi) is 7.11. The van der Waals surface area contributed by atoms with Gasteiger partial charge in [-0.25, -0.2) is 17.6 Å². The molecule has 1 heterocycles. The van der Waals surface area contributed by atoms with Crippen LogP contribution in [0.1, 0.15) is 30.6 Å². The summed E-state index contributed by atoms with van der Waals surface area (Å²) in [6.45, 7) is 2.81. The number of amides is 2. The lowest BCUT2D eigenvalue weighted by Crippen LogP contribution is -2.46. The summed E-state index contributed by atoms with van der Waals surface area (Å²) in [4.78, 5) is 36.4. The zero-order valence-corrected chi connectivity index (χ0v) is 16.4. The maximum absolute atomic E-state index is 13.0. The zero-order chi connectivity index (χ0) is 20.9. The van der Waals surface area contributed by atoms with Crippen molar-refractivity contribution in [2.75, 3.05) is 18.1 Å². The van der Waals surface area contributed by atoms with E-state index >= 15 is 0 Å². The molecule has 2 amide bonds. The molecule has 1 aromatic carbocycles. The van der Waals surface area contributed by atoms with Crippen LogP contribution in [0.15, 0.2) is 24.3 Å². The van der Waals surface area contributed by atoms with E-state index in [1.807, 2.05) is 0 Å². The Hall–Kier alpha value is -2.49. The summed E-state index contributed by atoms with van der Waals surface area (Å²) < 4.78 is 40.7. The largest absolute Gasteiger partial charge is 0.454 e. The second kappa shape index (κ2) is 9.13. The predicted molar refractivity (Wildman–Crippen MR) is 98.7 cm³/mol. The third kappa shape index (κ3) is 6.29. The van der Waals surface area contributed by atoms with Crippen LogP contribution in [-0.4, -0.2) is 56.4 Å². The number of sulfone groups is 1. The Morgan fingerprint density at radius 1 is 1.21 bits per heavy atom. The molecule has 8 nitrogen and oxygen atoms in total. The van der Waals surface area contributed by atoms with E-state index in [0.29, 0.717) is 6.42 Å². The number of benzene rings is 1. The fourth-order valence-corrected chi connectivity index (χ4v) is 4.40. The third-order valence-electron chi connectivity index (χ3n) is 4.26. The molecule has 28 heavy (non-hydrogen) atoms. The van der Waals surface area contributed by atoms with Gasteiger partial charge in [0.2, 0.25) is 0 Å². The van der Waals surface area contributed by atoms with E-state index in [9.17, 15) is 27.2 Å². The molecule has 0 saturated carbocycles. The topological polar surface area (TPSA) is 119 Å². The number of carbonyl (C=O) groups is 3. The first-order valence-corrected chi connectivity index (χ1v) is 10.6. The van der Waals surface area contributed by atoms with Gasteiger partial charge < -0.3 is 15.4 Å². The Morgan fingerprint density at radius 2 is 1.86 bits per heavy atom. The van der Waals surface area contributed by atoms with Gasteiger partial charge in [0, 0.05) is 11.6 Å². The van der Waals surface area contributed by atoms with Gasteiger partial charge in [0.05, 0.1) is 11.5 Å². The molecule has 1 aromatic rings. The van der Waals surface area contributed by atoms with E-state index < -0.39 is 52.1 Å². The van der Waals surface area contributed by atoms with Crippen molar-refractivity contribution in [1.82, 2.24) is 10.6 Å². The van der Waals surface area contributed by atoms with Gasteiger partial charge in [-0.3, -0.25) is 9.59 Å². The fraction of sp³-hybridized carbons (Fsp3) is 0.500. The van der Waals surface area contributed by atoms with Gasteiger partial charge >= 0.3 is 5.97 Å². The van der Waals surface area contributed by atoms with Crippen LogP contribution in [0.4, 0.5) is 4.39 Å². The Balaban J connectivity index is 1.87. The van der Waals surface area contributed by atoms with Crippen molar-refractivity contribution in [3.63, 3.8) is 0 Å². The minimum absolute atomic E-state index is 0.0164. The van der Waals surface area contributed by atoms with Crippen LogP contribution in [-0.2, 0) is 24.2 Å². The van der Waals surface area contributed by atoms with Gasteiger partial charge in [0.1, 0.15) is 11.9 Å². The summed E-state index contributed by atoms with van der Waals surface area (Å²) in [5.41, 5.74) is 0.181. The number of rotatable bonds is 7. The lowest BCUT2D eigenvalue weighted by molar-refractivity contribution is -0.151. The lowest BCUT2D eigenvalue weighted by atomic mass is 10.0. The molecule has 1 fully saturated rings. The summed E-state index contributed by atoms with van der Waals surface area (Å²) in [5, 5.41) is 5.02. The Bertz CT molecular complexity index is 838. The second-order valence-corrected chi connectivity index (χ2v) is 9.21. The molecule has 1 aliphatic rings. The van der Waals surface area contributed by atoms with Gasteiger partial charge in [-0.05, 0) is 36.6 Å². The van der Waals surface area contributed by atoms with Crippen molar-refractivity contribution in [1.29, 1.82) is 0 Å². The van der Waals surface area contributed by atoms with Gasteiger partial charge in [-0.15, -0.1) is 0 Å². The van der Waals surface area contributed by atoms with Crippen molar-refractivity contribution in [2.24, 2.45) is 5.92 Å². The van der Waals surface area contributed by atoms with Crippen molar-refractivity contribution >= 4 is 27.6 Å². The molecule has 2 N–H and O–H groups in total. The maximum atomic E-state index is 13.0. The van der Waals surface area contributed by atoms with Crippen LogP contribution >= 0.6 is 0 Å². The highest BCUT2D eigenvalue weighted by atomic mass is 32.2. The molecule has 2 atom stereocenters. The molecule has 0 aliphatic carbocycles. The monoisotopic (exact) mass is 414 g/mol. The van der Waals surface area contributed by atoms with Crippen LogP contribution in [0.25, 0.3) is 0 Å². The summed E-state index contributed by atoms with van der Waals surface area (Å²) in [6, 6.07) is 3.34.